The first-order valence-electron chi connectivity index (χ1n) is 5.97. The molecule has 0 saturated heterocycles. The van der Waals surface area contributed by atoms with Crippen molar-refractivity contribution in [2.45, 2.75) is 26.3 Å². The van der Waals surface area contributed by atoms with E-state index < -0.39 is 0 Å². The topological polar surface area (TPSA) is 53.3 Å². The Labute approximate surface area is 108 Å². The molecule has 18 heavy (non-hydrogen) atoms. The second-order valence-electron chi connectivity index (χ2n) is 4.08. The highest BCUT2D eigenvalue weighted by Gasteiger charge is 2.17. The smallest absolute Gasteiger partial charge is 0.253 e. The Morgan fingerprint density at radius 2 is 2.06 bits per heavy atom. The molecule has 0 N–H and O–H groups in total. The molecule has 0 spiro atoms. The minimum absolute atomic E-state index is 0.0826. The number of hydrogen-bond donors (Lipinski definition) is 0. The van der Waals surface area contributed by atoms with E-state index in [2.05, 4.69) is 6.07 Å². The van der Waals surface area contributed by atoms with Gasteiger partial charge in [-0.2, -0.15) is 5.26 Å². The van der Waals surface area contributed by atoms with E-state index in [1.807, 2.05) is 13.8 Å². The summed E-state index contributed by atoms with van der Waals surface area (Å²) in [4.78, 5) is 13.7. The Morgan fingerprint density at radius 1 is 1.44 bits per heavy atom. The summed E-state index contributed by atoms with van der Waals surface area (Å²) in [6, 6.07) is 9.01. The summed E-state index contributed by atoms with van der Waals surface area (Å²) in [6.45, 7) is 4.37. The fraction of sp³-hybridized carbons (Fsp3) is 0.429. The van der Waals surface area contributed by atoms with E-state index in [9.17, 15) is 4.79 Å². The standard InChI is InChI=1S/C14H18N2O2/c1-4-18-13-7-5-12(6-8-13)14(17)16(3)11(2)9-10-15/h5-8,11H,4,9H2,1-3H3. The van der Waals surface area contributed by atoms with Gasteiger partial charge in [0.2, 0.25) is 0 Å². The van der Waals surface area contributed by atoms with Crippen molar-refractivity contribution < 1.29 is 9.53 Å². The van der Waals surface area contributed by atoms with Crippen molar-refractivity contribution in [2.75, 3.05) is 13.7 Å². The lowest BCUT2D eigenvalue weighted by molar-refractivity contribution is 0.0746. The van der Waals surface area contributed by atoms with Crippen LogP contribution in [0.15, 0.2) is 24.3 Å². The van der Waals surface area contributed by atoms with Crippen LogP contribution in [-0.2, 0) is 0 Å². The number of nitrogens with zero attached hydrogens (tertiary/aromatic N) is 2. The number of ether oxygens (including phenoxy) is 1. The van der Waals surface area contributed by atoms with Gasteiger partial charge in [0.1, 0.15) is 5.75 Å². The highest BCUT2D eigenvalue weighted by molar-refractivity contribution is 5.94. The molecule has 96 valence electrons. The van der Waals surface area contributed by atoms with Crippen LogP contribution >= 0.6 is 0 Å². The Balaban J connectivity index is 2.75. The molecule has 1 amide bonds. The van der Waals surface area contributed by atoms with E-state index in [1.165, 1.54) is 0 Å². The van der Waals surface area contributed by atoms with Crippen molar-refractivity contribution in [3.63, 3.8) is 0 Å². The Morgan fingerprint density at radius 3 is 2.56 bits per heavy atom. The van der Waals surface area contributed by atoms with Gasteiger partial charge in [0, 0.05) is 18.7 Å². The molecule has 0 heterocycles. The Hall–Kier alpha value is -2.02. The van der Waals surface area contributed by atoms with Crippen molar-refractivity contribution in [3.8, 4) is 11.8 Å². The third-order valence-electron chi connectivity index (χ3n) is 2.78. The minimum atomic E-state index is -0.0888. The lowest BCUT2D eigenvalue weighted by atomic mass is 10.1. The van der Waals surface area contributed by atoms with Crippen molar-refractivity contribution in [1.29, 1.82) is 5.26 Å². The average Bonchev–Trinajstić information content (AvgIpc) is 2.38. The molecular formula is C14H18N2O2. The molecule has 0 aliphatic carbocycles. The summed E-state index contributed by atoms with van der Waals surface area (Å²) in [6.07, 6.45) is 0.333. The van der Waals surface area contributed by atoms with Crippen molar-refractivity contribution >= 4 is 5.91 Å². The van der Waals surface area contributed by atoms with Gasteiger partial charge >= 0.3 is 0 Å². The van der Waals surface area contributed by atoms with Crippen LogP contribution in [0.1, 0.15) is 30.6 Å². The van der Waals surface area contributed by atoms with Crippen LogP contribution in [0, 0.1) is 11.3 Å². The highest BCUT2D eigenvalue weighted by atomic mass is 16.5. The van der Waals surface area contributed by atoms with Gasteiger partial charge in [-0.1, -0.05) is 0 Å². The Kier molecular flexibility index (Phi) is 5.19. The molecule has 4 heteroatoms. The lowest BCUT2D eigenvalue weighted by Crippen LogP contribution is -2.34. The number of carbonyl (C=O) groups excluding carboxylic acids is 1. The molecule has 0 aromatic heterocycles. The highest BCUT2D eigenvalue weighted by Crippen LogP contribution is 2.14. The van der Waals surface area contributed by atoms with Crippen LogP contribution in [0.3, 0.4) is 0 Å². The predicted molar refractivity (Wildman–Crippen MR) is 69.4 cm³/mol. The molecule has 0 bridgehead atoms. The Bertz CT molecular complexity index is 434. The van der Waals surface area contributed by atoms with Gasteiger partial charge in [-0.05, 0) is 38.1 Å². The summed E-state index contributed by atoms with van der Waals surface area (Å²) >= 11 is 0. The first kappa shape index (κ1) is 14.0. The number of rotatable bonds is 5. The summed E-state index contributed by atoms with van der Waals surface area (Å²) < 4.78 is 5.32. The van der Waals surface area contributed by atoms with Gasteiger partial charge in [0.15, 0.2) is 0 Å². The molecule has 1 aromatic carbocycles. The maximum atomic E-state index is 12.1. The summed E-state index contributed by atoms with van der Waals surface area (Å²) in [5, 5.41) is 8.63. The predicted octanol–water partition coefficient (Wildman–Crippen LogP) is 2.46. The zero-order valence-electron chi connectivity index (χ0n) is 11.0. The number of amides is 1. The molecule has 1 atom stereocenters. The van der Waals surface area contributed by atoms with Crippen LogP contribution in [0.2, 0.25) is 0 Å². The molecule has 0 radical (unpaired) electrons. The van der Waals surface area contributed by atoms with Gasteiger partial charge in [0.25, 0.3) is 5.91 Å². The maximum absolute atomic E-state index is 12.1. The van der Waals surface area contributed by atoms with Crippen molar-refractivity contribution in [1.82, 2.24) is 4.90 Å². The van der Waals surface area contributed by atoms with E-state index in [0.29, 0.717) is 18.6 Å². The van der Waals surface area contributed by atoms with Gasteiger partial charge in [0.05, 0.1) is 19.1 Å². The zero-order chi connectivity index (χ0) is 13.5. The van der Waals surface area contributed by atoms with Crippen LogP contribution < -0.4 is 4.74 Å². The molecule has 1 rings (SSSR count). The summed E-state index contributed by atoms with van der Waals surface area (Å²) in [7, 11) is 1.71. The molecule has 0 saturated carbocycles. The van der Waals surface area contributed by atoms with Gasteiger partial charge in [-0.15, -0.1) is 0 Å². The molecule has 4 nitrogen and oxygen atoms in total. The number of hydrogen-bond acceptors (Lipinski definition) is 3. The quantitative estimate of drug-likeness (QED) is 0.802. The molecular weight excluding hydrogens is 228 g/mol. The van der Waals surface area contributed by atoms with E-state index >= 15 is 0 Å². The van der Waals surface area contributed by atoms with E-state index in [4.69, 9.17) is 10.00 Å². The monoisotopic (exact) mass is 246 g/mol. The summed E-state index contributed by atoms with van der Waals surface area (Å²) in [5.74, 6) is 0.669. The van der Waals surface area contributed by atoms with Crippen molar-refractivity contribution in [2.24, 2.45) is 0 Å². The number of nitriles is 1. The molecule has 0 fully saturated rings. The average molecular weight is 246 g/mol. The van der Waals surface area contributed by atoms with Crippen LogP contribution in [0.25, 0.3) is 0 Å². The second-order valence-corrected chi connectivity index (χ2v) is 4.08. The van der Waals surface area contributed by atoms with Gasteiger partial charge < -0.3 is 9.64 Å². The SMILES string of the molecule is CCOc1ccc(C(=O)N(C)C(C)CC#N)cc1. The first-order chi connectivity index (χ1) is 8.60. The van der Waals surface area contributed by atoms with Gasteiger partial charge in [-0.3, -0.25) is 4.79 Å². The fourth-order valence-corrected chi connectivity index (χ4v) is 1.53. The maximum Gasteiger partial charge on any atom is 0.253 e. The number of carbonyl (C=O) groups is 1. The molecule has 0 aliphatic rings. The van der Waals surface area contributed by atoms with Crippen LogP contribution in [-0.4, -0.2) is 30.5 Å². The zero-order valence-corrected chi connectivity index (χ0v) is 11.0. The summed E-state index contributed by atoms with van der Waals surface area (Å²) in [5.41, 5.74) is 0.603. The first-order valence-corrected chi connectivity index (χ1v) is 5.97. The second kappa shape index (κ2) is 6.65. The largest absolute Gasteiger partial charge is 0.494 e. The van der Waals surface area contributed by atoms with Crippen LogP contribution in [0.4, 0.5) is 0 Å². The van der Waals surface area contributed by atoms with E-state index in [-0.39, 0.29) is 11.9 Å². The van der Waals surface area contributed by atoms with Gasteiger partial charge in [-0.25, -0.2) is 0 Å². The normalized spacial score (nSPS) is 11.4. The van der Waals surface area contributed by atoms with E-state index in [0.717, 1.165) is 5.75 Å². The van der Waals surface area contributed by atoms with E-state index in [1.54, 1.807) is 36.2 Å². The molecule has 1 unspecified atom stereocenters. The number of benzene rings is 1. The minimum Gasteiger partial charge on any atom is -0.494 e. The molecule has 1 aromatic rings. The lowest BCUT2D eigenvalue weighted by Gasteiger charge is -2.23. The third-order valence-corrected chi connectivity index (χ3v) is 2.78. The van der Waals surface area contributed by atoms with Crippen LogP contribution in [0.5, 0.6) is 5.75 Å². The molecule has 0 aliphatic heterocycles. The van der Waals surface area contributed by atoms with Crippen molar-refractivity contribution in [3.05, 3.63) is 29.8 Å². The third kappa shape index (κ3) is 3.49. The fourth-order valence-electron chi connectivity index (χ4n) is 1.53.